The van der Waals surface area contributed by atoms with Gasteiger partial charge in [0.2, 0.25) is 0 Å². The highest BCUT2D eigenvalue weighted by atomic mass is 16.5. The van der Waals surface area contributed by atoms with E-state index in [1.54, 1.807) is 0 Å². The first-order chi connectivity index (χ1) is 25.1. The van der Waals surface area contributed by atoms with Crippen molar-refractivity contribution in [1.82, 2.24) is 5.32 Å². The van der Waals surface area contributed by atoms with Gasteiger partial charge in [-0.05, 0) is 61.4 Å². The lowest BCUT2D eigenvalue weighted by Crippen LogP contribution is -2.65. The Hall–Kier alpha value is -3.67. The molecule has 5 aliphatic rings. The largest absolute Gasteiger partial charge is 0.508 e. The average Bonchev–Trinajstić information content (AvgIpc) is 3.71. The van der Waals surface area contributed by atoms with Crippen LogP contribution in [0.1, 0.15) is 86.3 Å². The number of hydrogen-bond donors (Lipinski definition) is 5. The molecule has 280 valence electrons. The van der Waals surface area contributed by atoms with Gasteiger partial charge in [0.1, 0.15) is 35.5 Å². The Balaban J connectivity index is 0.888. The van der Waals surface area contributed by atoms with Crippen molar-refractivity contribution in [2.75, 3.05) is 57.9 Å². The molecule has 3 saturated heterocycles. The number of benzene rings is 3. The number of aliphatic hydroxyl groups is 2. The van der Waals surface area contributed by atoms with E-state index >= 15 is 0 Å². The number of aliphatic hydroxyl groups excluding tert-OH is 1. The monoisotopic (exact) mass is 714 g/mol. The van der Waals surface area contributed by atoms with Crippen LogP contribution in [0.2, 0.25) is 0 Å². The molecule has 10 nitrogen and oxygen atoms in total. The maximum Gasteiger partial charge on any atom is 0.262 e. The van der Waals surface area contributed by atoms with Gasteiger partial charge in [-0.1, -0.05) is 55.3 Å². The summed E-state index contributed by atoms with van der Waals surface area (Å²) >= 11 is 0. The van der Waals surface area contributed by atoms with E-state index in [-0.39, 0.29) is 42.9 Å². The smallest absolute Gasteiger partial charge is 0.262 e. The summed E-state index contributed by atoms with van der Waals surface area (Å²) in [5.74, 6) is 1.74. The van der Waals surface area contributed by atoms with Crippen molar-refractivity contribution in [3.05, 3.63) is 82.9 Å². The van der Waals surface area contributed by atoms with Gasteiger partial charge in [-0.15, -0.1) is 0 Å². The molecule has 0 radical (unpaired) electrons. The summed E-state index contributed by atoms with van der Waals surface area (Å²) in [5.41, 5.74) is 2.99. The molecule has 4 aliphatic heterocycles. The highest BCUT2D eigenvalue weighted by molar-refractivity contribution is 5.96. The Kier molecular flexibility index (Phi) is 11.1. The van der Waals surface area contributed by atoms with Crippen molar-refractivity contribution in [2.24, 2.45) is 11.8 Å². The lowest BCUT2D eigenvalue weighted by Gasteiger charge is -2.53. The van der Waals surface area contributed by atoms with Crippen LogP contribution in [0, 0.1) is 18.8 Å². The second-order valence-electron chi connectivity index (χ2n) is 15.8. The van der Waals surface area contributed by atoms with E-state index in [1.807, 2.05) is 31.2 Å². The van der Waals surface area contributed by atoms with Crippen LogP contribution in [0.5, 0.6) is 17.2 Å². The van der Waals surface area contributed by atoms with Crippen LogP contribution in [-0.4, -0.2) is 84.4 Å². The number of ether oxygens (including phenoxy) is 3. The van der Waals surface area contributed by atoms with Gasteiger partial charge in [0, 0.05) is 49.4 Å². The molecule has 0 spiro atoms. The summed E-state index contributed by atoms with van der Waals surface area (Å²) in [6.45, 7) is 9.71. The average molecular weight is 715 g/mol. The second-order valence-corrected chi connectivity index (χ2v) is 15.8. The number of phenols is 1. The maximum atomic E-state index is 12.1. The third kappa shape index (κ3) is 7.96. The standard InChI is InChI=1S/C42H55N3O7/c1-28-21-31(29(2)43-24-37(47)35-22-34(46)23-36-41(35)51-26-40(48)44-36)13-14-38(28)50-20-8-17-45-18-15-30(16-19-45)39(25-45)52-27-42(49,33-11-6-7-12-33)32-9-4-3-5-10-32/h3-5,9-10,13-14,21-23,29-30,33,37,39,43,47,49H,6-8,11-12,15-20,24-27H2,1-2H3,(H-,44,46,48)/p+1/t29?,30?,37-,39-,42+,45?/m0/s1. The molecule has 10 heteroatoms. The van der Waals surface area contributed by atoms with Gasteiger partial charge in [-0.2, -0.15) is 0 Å². The minimum Gasteiger partial charge on any atom is -0.508 e. The molecular weight excluding hydrogens is 658 g/mol. The molecule has 5 N–H and O–H groups in total. The van der Waals surface area contributed by atoms with Crippen LogP contribution in [-0.2, 0) is 15.1 Å². The molecule has 1 saturated carbocycles. The van der Waals surface area contributed by atoms with E-state index in [0.717, 1.165) is 59.3 Å². The Morgan fingerprint density at radius 3 is 2.58 bits per heavy atom. The molecule has 3 aromatic rings. The molecule has 4 atom stereocenters. The van der Waals surface area contributed by atoms with Crippen LogP contribution >= 0.6 is 0 Å². The van der Waals surface area contributed by atoms with Gasteiger partial charge >= 0.3 is 0 Å². The molecule has 1 amide bonds. The van der Waals surface area contributed by atoms with Crippen molar-refractivity contribution < 1.29 is 38.8 Å². The highest BCUT2D eigenvalue weighted by Crippen LogP contribution is 2.43. The van der Waals surface area contributed by atoms with Gasteiger partial charge in [0.25, 0.3) is 5.91 Å². The Morgan fingerprint density at radius 1 is 1.06 bits per heavy atom. The molecule has 4 heterocycles. The lowest BCUT2D eigenvalue weighted by molar-refractivity contribution is -0.946. The topological polar surface area (TPSA) is 130 Å². The van der Waals surface area contributed by atoms with Crippen LogP contribution < -0.4 is 20.1 Å². The lowest BCUT2D eigenvalue weighted by atomic mass is 9.80. The fraction of sp³-hybridized carbons (Fsp3) is 0.548. The quantitative estimate of drug-likeness (QED) is 0.0975. The predicted octanol–water partition coefficient (Wildman–Crippen LogP) is 5.89. The summed E-state index contributed by atoms with van der Waals surface area (Å²) in [5, 5.41) is 39.2. The first-order valence-corrected chi connectivity index (χ1v) is 19.3. The van der Waals surface area contributed by atoms with E-state index in [9.17, 15) is 20.1 Å². The number of piperidine rings is 3. The van der Waals surface area contributed by atoms with Crippen molar-refractivity contribution >= 4 is 11.6 Å². The zero-order valence-electron chi connectivity index (χ0n) is 30.7. The predicted molar refractivity (Wildman–Crippen MR) is 199 cm³/mol. The minimum atomic E-state index is -0.949. The SMILES string of the molecule is Cc1cc(C(C)NC[C@H](O)c2cc(O)cc3c2OCC(=O)N3)ccc1OCCC[N+]12CCC(CC1)[C@@H](OC[C@@](O)(c1ccccc1)C1CCCC1)C2. The Morgan fingerprint density at radius 2 is 1.83 bits per heavy atom. The number of aryl methyl sites for hydroxylation is 1. The van der Waals surface area contributed by atoms with Crippen molar-refractivity contribution in [1.29, 1.82) is 0 Å². The molecule has 52 heavy (non-hydrogen) atoms. The van der Waals surface area contributed by atoms with Crippen LogP contribution in [0.4, 0.5) is 5.69 Å². The molecular formula is C42H56N3O7+. The molecule has 1 aliphatic carbocycles. The zero-order chi connectivity index (χ0) is 36.3. The highest BCUT2D eigenvalue weighted by Gasteiger charge is 2.48. The van der Waals surface area contributed by atoms with E-state index in [0.29, 0.717) is 36.1 Å². The Bertz CT molecular complexity index is 1690. The van der Waals surface area contributed by atoms with Gasteiger partial charge < -0.3 is 44.6 Å². The maximum absolute atomic E-state index is 12.1. The van der Waals surface area contributed by atoms with Crippen LogP contribution in [0.25, 0.3) is 0 Å². The number of quaternary nitrogens is 1. The zero-order valence-corrected chi connectivity index (χ0v) is 30.7. The van der Waals surface area contributed by atoms with Crippen molar-refractivity contribution in [3.63, 3.8) is 0 Å². The van der Waals surface area contributed by atoms with Crippen molar-refractivity contribution in [2.45, 2.75) is 82.6 Å². The summed E-state index contributed by atoms with van der Waals surface area (Å²) in [7, 11) is 0. The van der Waals surface area contributed by atoms with E-state index < -0.39 is 11.7 Å². The number of carbonyl (C=O) groups excluding carboxylic acids is 1. The molecule has 1 unspecified atom stereocenters. The number of anilines is 1. The third-order valence-corrected chi connectivity index (χ3v) is 12.3. The molecule has 2 bridgehead atoms. The first-order valence-electron chi connectivity index (χ1n) is 19.3. The summed E-state index contributed by atoms with van der Waals surface area (Å²) in [6.07, 6.45) is 7.07. The number of hydrogen-bond acceptors (Lipinski definition) is 8. The first kappa shape index (κ1) is 36.7. The fourth-order valence-electron chi connectivity index (χ4n) is 9.19. The van der Waals surface area contributed by atoms with Crippen LogP contribution in [0.15, 0.2) is 60.7 Å². The van der Waals surface area contributed by atoms with Gasteiger partial charge in [0.15, 0.2) is 6.61 Å². The van der Waals surface area contributed by atoms with E-state index in [2.05, 4.69) is 41.8 Å². The molecule has 4 fully saturated rings. The Labute approximate surface area is 307 Å². The summed E-state index contributed by atoms with van der Waals surface area (Å²) in [4.78, 5) is 11.7. The summed E-state index contributed by atoms with van der Waals surface area (Å²) < 4.78 is 19.7. The third-order valence-electron chi connectivity index (χ3n) is 12.3. The number of carbonyl (C=O) groups is 1. The summed E-state index contributed by atoms with van der Waals surface area (Å²) in [6, 6.07) is 19.3. The normalized spacial score (nSPS) is 25.1. The van der Waals surface area contributed by atoms with Crippen LogP contribution in [0.3, 0.4) is 0 Å². The number of nitrogens with one attached hydrogen (secondary N) is 2. The second kappa shape index (κ2) is 15.7. The molecule has 3 aromatic carbocycles. The van der Waals surface area contributed by atoms with Crippen molar-refractivity contribution in [3.8, 4) is 17.2 Å². The van der Waals surface area contributed by atoms with Gasteiger partial charge in [-0.3, -0.25) is 4.79 Å². The van der Waals surface area contributed by atoms with E-state index in [4.69, 9.17) is 14.2 Å². The number of fused-ring (bicyclic) bond motifs is 4. The fourth-order valence-corrected chi connectivity index (χ4v) is 9.19. The van der Waals surface area contributed by atoms with E-state index in [1.165, 1.54) is 50.9 Å². The molecule has 8 rings (SSSR count). The number of rotatable bonds is 15. The molecule has 0 aromatic heterocycles. The number of amides is 1. The number of phenolic OH excluding ortho intramolecular Hbond substituents is 1. The van der Waals surface area contributed by atoms with Gasteiger partial charge in [0.05, 0.1) is 44.6 Å². The number of aromatic hydroxyl groups is 1. The van der Waals surface area contributed by atoms with Gasteiger partial charge in [-0.25, -0.2) is 0 Å². The minimum absolute atomic E-state index is 0.0500. The number of nitrogens with zero attached hydrogens (tertiary/aromatic N) is 1.